The number of carbonyl (C=O) groups is 1. The molecule has 146 valence electrons. The number of amides is 1. The van der Waals surface area contributed by atoms with Crippen LogP contribution in [0.4, 0.5) is 4.39 Å². The van der Waals surface area contributed by atoms with Gasteiger partial charge in [-0.15, -0.1) is 0 Å². The first-order valence-corrected chi connectivity index (χ1v) is 10.6. The van der Waals surface area contributed by atoms with E-state index in [-0.39, 0.29) is 23.8 Å². The van der Waals surface area contributed by atoms with Gasteiger partial charge in [0.2, 0.25) is 15.9 Å². The van der Waals surface area contributed by atoms with Crippen LogP contribution in [0.2, 0.25) is 0 Å². The number of halogens is 1. The standard InChI is InChI=1S/C18H28FN3O3S/c1-15-8-13-22(14-9-15)12-2-10-20-18(23)7-11-21-26(24,25)17-5-3-16(19)4-6-17/h3-6,15,21H,2,7-14H2,1H3,(H,20,23). The predicted octanol–water partition coefficient (Wildman–Crippen LogP) is 1.73. The van der Waals surface area contributed by atoms with E-state index in [1.54, 1.807) is 0 Å². The van der Waals surface area contributed by atoms with Crippen molar-refractivity contribution in [1.29, 1.82) is 0 Å². The Morgan fingerprint density at radius 3 is 2.50 bits per heavy atom. The summed E-state index contributed by atoms with van der Waals surface area (Å²) in [6.07, 6.45) is 3.43. The summed E-state index contributed by atoms with van der Waals surface area (Å²) in [6.45, 7) is 6.11. The van der Waals surface area contributed by atoms with E-state index in [2.05, 4.69) is 21.9 Å². The number of sulfonamides is 1. The molecule has 1 amide bonds. The van der Waals surface area contributed by atoms with E-state index >= 15 is 0 Å². The zero-order chi connectivity index (χ0) is 19.0. The summed E-state index contributed by atoms with van der Waals surface area (Å²) < 4.78 is 39.2. The van der Waals surface area contributed by atoms with Crippen LogP contribution in [0.3, 0.4) is 0 Å². The monoisotopic (exact) mass is 385 g/mol. The van der Waals surface area contributed by atoms with Gasteiger partial charge in [-0.1, -0.05) is 6.92 Å². The molecule has 1 heterocycles. The fourth-order valence-corrected chi connectivity index (χ4v) is 3.93. The number of hydrogen-bond donors (Lipinski definition) is 2. The Bertz CT molecular complexity index is 671. The molecule has 0 radical (unpaired) electrons. The van der Waals surface area contributed by atoms with Crippen LogP contribution in [0.1, 0.15) is 32.6 Å². The third kappa shape index (κ3) is 7.01. The number of hydrogen-bond acceptors (Lipinski definition) is 4. The molecule has 26 heavy (non-hydrogen) atoms. The van der Waals surface area contributed by atoms with Gasteiger partial charge in [0, 0.05) is 19.5 Å². The van der Waals surface area contributed by atoms with Crippen LogP contribution in [0, 0.1) is 11.7 Å². The first kappa shape index (κ1) is 20.8. The summed E-state index contributed by atoms with van der Waals surface area (Å²) in [4.78, 5) is 14.2. The molecule has 1 fully saturated rings. The minimum atomic E-state index is -3.72. The maximum Gasteiger partial charge on any atom is 0.240 e. The fraction of sp³-hybridized carbons (Fsp3) is 0.611. The van der Waals surface area contributed by atoms with Crippen molar-refractivity contribution in [2.24, 2.45) is 5.92 Å². The molecular weight excluding hydrogens is 357 g/mol. The second-order valence-electron chi connectivity index (χ2n) is 6.83. The van der Waals surface area contributed by atoms with E-state index in [0.29, 0.717) is 6.54 Å². The molecule has 8 heteroatoms. The lowest BCUT2D eigenvalue weighted by Crippen LogP contribution is -2.36. The topological polar surface area (TPSA) is 78.5 Å². The first-order valence-electron chi connectivity index (χ1n) is 9.11. The third-order valence-corrected chi connectivity index (χ3v) is 6.09. The first-order chi connectivity index (χ1) is 12.4. The highest BCUT2D eigenvalue weighted by atomic mass is 32.2. The molecule has 0 bridgehead atoms. The van der Waals surface area contributed by atoms with Gasteiger partial charge in [0.05, 0.1) is 4.90 Å². The van der Waals surface area contributed by atoms with Crippen molar-refractivity contribution in [2.75, 3.05) is 32.7 Å². The van der Waals surface area contributed by atoms with Crippen LogP contribution in [0.25, 0.3) is 0 Å². The van der Waals surface area contributed by atoms with Crippen molar-refractivity contribution >= 4 is 15.9 Å². The summed E-state index contributed by atoms with van der Waals surface area (Å²) >= 11 is 0. The van der Waals surface area contributed by atoms with Gasteiger partial charge in [-0.25, -0.2) is 17.5 Å². The second kappa shape index (κ2) is 9.99. The molecule has 0 aromatic heterocycles. The summed E-state index contributed by atoms with van der Waals surface area (Å²) in [6, 6.07) is 4.56. The molecule has 6 nitrogen and oxygen atoms in total. The molecule has 0 saturated carbocycles. The summed E-state index contributed by atoms with van der Waals surface area (Å²) in [5.41, 5.74) is 0. The minimum absolute atomic E-state index is 0.00948. The molecule has 1 aromatic rings. The van der Waals surface area contributed by atoms with Gasteiger partial charge in [-0.3, -0.25) is 4.79 Å². The minimum Gasteiger partial charge on any atom is -0.356 e. The van der Waals surface area contributed by atoms with Crippen LogP contribution >= 0.6 is 0 Å². The number of piperidine rings is 1. The molecule has 1 aromatic carbocycles. The van der Waals surface area contributed by atoms with Gasteiger partial charge in [0.25, 0.3) is 0 Å². The quantitative estimate of drug-likeness (QED) is 0.635. The Balaban J connectivity index is 1.59. The van der Waals surface area contributed by atoms with Gasteiger partial charge in [0.1, 0.15) is 5.82 Å². The number of benzene rings is 1. The largest absolute Gasteiger partial charge is 0.356 e. The molecule has 0 atom stereocenters. The van der Waals surface area contributed by atoms with E-state index in [1.165, 1.54) is 25.0 Å². The number of nitrogens with zero attached hydrogens (tertiary/aromatic N) is 1. The zero-order valence-electron chi connectivity index (χ0n) is 15.2. The second-order valence-corrected chi connectivity index (χ2v) is 8.60. The lowest BCUT2D eigenvalue weighted by Gasteiger charge is -2.30. The van der Waals surface area contributed by atoms with Crippen LogP contribution in [-0.2, 0) is 14.8 Å². The van der Waals surface area contributed by atoms with Crippen molar-refractivity contribution in [2.45, 2.75) is 37.5 Å². The number of likely N-dealkylation sites (tertiary alicyclic amines) is 1. The smallest absolute Gasteiger partial charge is 0.240 e. The van der Waals surface area contributed by atoms with Crippen molar-refractivity contribution in [1.82, 2.24) is 14.9 Å². The van der Waals surface area contributed by atoms with Gasteiger partial charge in [0.15, 0.2) is 0 Å². The lowest BCUT2D eigenvalue weighted by molar-refractivity contribution is -0.120. The highest BCUT2D eigenvalue weighted by Gasteiger charge is 2.15. The Morgan fingerprint density at radius 1 is 1.19 bits per heavy atom. The van der Waals surface area contributed by atoms with Gasteiger partial charge in [-0.2, -0.15) is 0 Å². The van der Waals surface area contributed by atoms with Gasteiger partial charge < -0.3 is 10.2 Å². The normalized spacial score (nSPS) is 16.5. The van der Waals surface area contributed by atoms with Gasteiger partial charge in [-0.05, 0) is 69.1 Å². The molecule has 0 aliphatic carbocycles. The Morgan fingerprint density at radius 2 is 1.85 bits per heavy atom. The fourth-order valence-electron chi connectivity index (χ4n) is 2.90. The molecule has 2 rings (SSSR count). The van der Waals surface area contributed by atoms with E-state index in [9.17, 15) is 17.6 Å². The summed E-state index contributed by atoms with van der Waals surface area (Å²) in [7, 11) is -3.72. The number of nitrogens with one attached hydrogen (secondary N) is 2. The molecule has 1 aliphatic heterocycles. The van der Waals surface area contributed by atoms with Gasteiger partial charge >= 0.3 is 0 Å². The third-order valence-electron chi connectivity index (χ3n) is 4.62. The van der Waals surface area contributed by atoms with Crippen LogP contribution in [-0.4, -0.2) is 51.9 Å². The maximum atomic E-state index is 12.8. The van der Waals surface area contributed by atoms with Crippen molar-refractivity contribution in [3.05, 3.63) is 30.1 Å². The molecule has 1 saturated heterocycles. The van der Waals surface area contributed by atoms with E-state index < -0.39 is 15.8 Å². The number of carbonyl (C=O) groups excluding carboxylic acids is 1. The van der Waals surface area contributed by atoms with E-state index in [4.69, 9.17) is 0 Å². The highest BCUT2D eigenvalue weighted by molar-refractivity contribution is 7.89. The van der Waals surface area contributed by atoms with Crippen molar-refractivity contribution < 1.29 is 17.6 Å². The van der Waals surface area contributed by atoms with Crippen molar-refractivity contribution in [3.63, 3.8) is 0 Å². The molecule has 1 aliphatic rings. The van der Waals surface area contributed by atoms with Crippen molar-refractivity contribution in [3.8, 4) is 0 Å². The molecular formula is C18H28FN3O3S. The average molecular weight is 386 g/mol. The zero-order valence-corrected chi connectivity index (χ0v) is 16.0. The van der Waals surface area contributed by atoms with Crippen LogP contribution < -0.4 is 10.0 Å². The van der Waals surface area contributed by atoms with E-state index in [0.717, 1.165) is 44.1 Å². The average Bonchev–Trinajstić information content (AvgIpc) is 2.60. The lowest BCUT2D eigenvalue weighted by atomic mass is 9.99. The van der Waals surface area contributed by atoms with E-state index in [1.807, 2.05) is 0 Å². The van der Waals surface area contributed by atoms with Crippen LogP contribution in [0.15, 0.2) is 29.2 Å². The molecule has 0 spiro atoms. The Hall–Kier alpha value is -1.51. The summed E-state index contributed by atoms with van der Waals surface area (Å²) in [5, 5.41) is 2.81. The Labute approximate surface area is 155 Å². The summed E-state index contributed by atoms with van der Waals surface area (Å²) in [5.74, 6) is 0.131. The molecule has 2 N–H and O–H groups in total. The maximum absolute atomic E-state index is 12.8. The number of rotatable bonds is 9. The SMILES string of the molecule is CC1CCN(CCCNC(=O)CCNS(=O)(=O)c2ccc(F)cc2)CC1. The molecule has 0 unspecified atom stereocenters. The highest BCUT2D eigenvalue weighted by Crippen LogP contribution is 2.15. The van der Waals surface area contributed by atoms with Crippen LogP contribution in [0.5, 0.6) is 0 Å². The Kier molecular flexibility index (Phi) is 7.99. The predicted molar refractivity (Wildman–Crippen MR) is 98.7 cm³/mol.